The first-order valence-corrected chi connectivity index (χ1v) is 9.72. The normalized spacial score (nSPS) is 28.3. The van der Waals surface area contributed by atoms with Crippen LogP contribution in [0.3, 0.4) is 0 Å². The molecular formula is C20H26N4O3. The quantitative estimate of drug-likeness (QED) is 0.673. The van der Waals surface area contributed by atoms with Gasteiger partial charge in [-0.25, -0.2) is 0 Å². The van der Waals surface area contributed by atoms with Crippen molar-refractivity contribution in [1.29, 1.82) is 0 Å². The highest BCUT2D eigenvalue weighted by molar-refractivity contribution is 6.05. The lowest BCUT2D eigenvalue weighted by atomic mass is 9.97. The molecule has 3 unspecified atom stereocenters. The summed E-state index contributed by atoms with van der Waals surface area (Å²) in [5, 5.41) is 9.40. The number of hydrogen-bond acceptors (Lipinski definition) is 5. The maximum absolute atomic E-state index is 12.9. The summed E-state index contributed by atoms with van der Waals surface area (Å²) in [7, 11) is 0. The largest absolute Gasteiger partial charge is 0.322 e. The monoisotopic (exact) mass is 370 g/mol. The zero-order chi connectivity index (χ0) is 19.0. The van der Waals surface area contributed by atoms with Gasteiger partial charge in [0.25, 0.3) is 5.91 Å². The second kappa shape index (κ2) is 7.40. The minimum absolute atomic E-state index is 0.116. The van der Waals surface area contributed by atoms with Crippen LogP contribution in [0.25, 0.3) is 0 Å². The van der Waals surface area contributed by atoms with Crippen molar-refractivity contribution in [2.24, 2.45) is 5.92 Å². The molecular weight excluding hydrogens is 344 g/mol. The van der Waals surface area contributed by atoms with E-state index in [-0.39, 0.29) is 24.1 Å². The van der Waals surface area contributed by atoms with Crippen LogP contribution in [-0.4, -0.2) is 47.8 Å². The van der Waals surface area contributed by atoms with Crippen LogP contribution in [0.1, 0.15) is 47.7 Å². The van der Waals surface area contributed by atoms with Gasteiger partial charge in [-0.05, 0) is 42.5 Å². The molecule has 0 spiro atoms. The number of carbonyl (C=O) groups is 3. The van der Waals surface area contributed by atoms with Crippen molar-refractivity contribution in [3.63, 3.8) is 0 Å². The summed E-state index contributed by atoms with van der Waals surface area (Å²) in [6.45, 7) is 5.41. The summed E-state index contributed by atoms with van der Waals surface area (Å²) in [6.07, 6.45) is 1.81. The van der Waals surface area contributed by atoms with Crippen LogP contribution in [0.2, 0.25) is 0 Å². The van der Waals surface area contributed by atoms with Crippen molar-refractivity contribution in [3.8, 4) is 0 Å². The summed E-state index contributed by atoms with van der Waals surface area (Å²) in [6, 6.07) is 5.65. The maximum Gasteiger partial charge on any atom is 0.255 e. The Morgan fingerprint density at radius 3 is 2.85 bits per heavy atom. The van der Waals surface area contributed by atoms with Gasteiger partial charge in [-0.2, -0.15) is 0 Å². The Kier molecular flexibility index (Phi) is 4.97. The molecule has 0 aliphatic carbocycles. The molecule has 3 heterocycles. The number of rotatable bonds is 4. The van der Waals surface area contributed by atoms with Gasteiger partial charge in [-0.3, -0.25) is 19.7 Å². The molecule has 0 aromatic heterocycles. The predicted molar refractivity (Wildman–Crippen MR) is 99.8 cm³/mol. The van der Waals surface area contributed by atoms with Gasteiger partial charge in [0.1, 0.15) is 6.04 Å². The molecule has 1 aromatic rings. The fourth-order valence-corrected chi connectivity index (χ4v) is 4.38. The first-order chi connectivity index (χ1) is 13.0. The Morgan fingerprint density at radius 2 is 2.07 bits per heavy atom. The summed E-state index contributed by atoms with van der Waals surface area (Å²) < 4.78 is 0. The molecule has 0 saturated carbocycles. The number of nitrogens with one attached hydrogen (secondary N) is 3. The number of amides is 3. The molecule has 7 heteroatoms. The number of benzene rings is 1. The van der Waals surface area contributed by atoms with E-state index in [4.69, 9.17) is 0 Å². The Balaban J connectivity index is 1.47. The van der Waals surface area contributed by atoms with E-state index in [0.29, 0.717) is 37.0 Å². The van der Waals surface area contributed by atoms with Gasteiger partial charge < -0.3 is 15.5 Å². The predicted octanol–water partition coefficient (Wildman–Crippen LogP) is 0.535. The molecule has 1 aromatic carbocycles. The number of nitrogens with zero attached hydrogens (tertiary/aromatic N) is 1. The third-order valence-corrected chi connectivity index (χ3v) is 5.83. The standard InChI is InChI=1S/C20H26N4O3/c1-12-7-14(10-21-8-12)22-9-13-3-2-4-15-16(13)11-24(20(15)27)17-5-6-18(25)23-19(17)26/h2-4,12,14,17,21-22H,5-11H2,1H3,(H,23,25,26). The van der Waals surface area contributed by atoms with Crippen LogP contribution < -0.4 is 16.0 Å². The van der Waals surface area contributed by atoms with Gasteiger partial charge in [-0.15, -0.1) is 0 Å². The van der Waals surface area contributed by atoms with E-state index < -0.39 is 6.04 Å². The van der Waals surface area contributed by atoms with E-state index in [9.17, 15) is 14.4 Å². The molecule has 3 N–H and O–H groups in total. The molecule has 7 nitrogen and oxygen atoms in total. The molecule has 0 radical (unpaired) electrons. The van der Waals surface area contributed by atoms with E-state index in [2.05, 4.69) is 22.9 Å². The average molecular weight is 370 g/mol. The molecule has 3 atom stereocenters. The smallest absolute Gasteiger partial charge is 0.255 e. The fourth-order valence-electron chi connectivity index (χ4n) is 4.38. The lowest BCUT2D eigenvalue weighted by Gasteiger charge is -2.29. The van der Waals surface area contributed by atoms with Crippen molar-refractivity contribution in [3.05, 3.63) is 34.9 Å². The number of hydrogen-bond donors (Lipinski definition) is 3. The molecule has 3 aliphatic heterocycles. The van der Waals surface area contributed by atoms with Gasteiger partial charge >= 0.3 is 0 Å². The van der Waals surface area contributed by atoms with Crippen molar-refractivity contribution in [2.75, 3.05) is 13.1 Å². The van der Waals surface area contributed by atoms with Gasteiger partial charge in [0.05, 0.1) is 0 Å². The average Bonchev–Trinajstić information content (AvgIpc) is 2.97. The third kappa shape index (κ3) is 3.61. The molecule has 4 rings (SSSR count). The fraction of sp³-hybridized carbons (Fsp3) is 0.550. The molecule has 2 saturated heterocycles. The zero-order valence-corrected chi connectivity index (χ0v) is 15.6. The molecule has 2 fully saturated rings. The van der Waals surface area contributed by atoms with Crippen LogP contribution in [0.15, 0.2) is 18.2 Å². The van der Waals surface area contributed by atoms with Crippen LogP contribution in [0.4, 0.5) is 0 Å². The van der Waals surface area contributed by atoms with Crippen LogP contribution in [0.5, 0.6) is 0 Å². The lowest BCUT2D eigenvalue weighted by Crippen LogP contribution is -2.52. The highest BCUT2D eigenvalue weighted by Crippen LogP contribution is 2.30. The first kappa shape index (κ1) is 18.1. The second-order valence-electron chi connectivity index (χ2n) is 7.92. The van der Waals surface area contributed by atoms with Gasteiger partial charge in [0, 0.05) is 37.7 Å². The summed E-state index contributed by atoms with van der Waals surface area (Å²) in [5.74, 6) is -0.0911. The van der Waals surface area contributed by atoms with Crippen molar-refractivity contribution < 1.29 is 14.4 Å². The zero-order valence-electron chi connectivity index (χ0n) is 15.6. The van der Waals surface area contributed by atoms with Gasteiger partial charge in [0.2, 0.25) is 11.8 Å². The summed E-state index contributed by atoms with van der Waals surface area (Å²) in [4.78, 5) is 38.1. The summed E-state index contributed by atoms with van der Waals surface area (Å²) >= 11 is 0. The minimum Gasteiger partial charge on any atom is -0.322 e. The first-order valence-electron chi connectivity index (χ1n) is 9.72. The van der Waals surface area contributed by atoms with E-state index >= 15 is 0 Å². The highest BCUT2D eigenvalue weighted by Gasteiger charge is 2.39. The second-order valence-corrected chi connectivity index (χ2v) is 7.92. The molecule has 3 amide bonds. The number of carbonyl (C=O) groups excluding carboxylic acids is 3. The van der Waals surface area contributed by atoms with Crippen LogP contribution in [-0.2, 0) is 22.7 Å². The Bertz CT molecular complexity index is 778. The SMILES string of the molecule is CC1CNCC(NCc2cccc3c2CN(C2CCC(=O)NC2=O)C3=O)C1. The Hall–Kier alpha value is -2.25. The maximum atomic E-state index is 12.9. The lowest BCUT2D eigenvalue weighted by molar-refractivity contribution is -0.136. The van der Waals surface area contributed by atoms with Crippen molar-refractivity contribution >= 4 is 17.7 Å². The molecule has 3 aliphatic rings. The van der Waals surface area contributed by atoms with Crippen LogP contribution in [0, 0.1) is 5.92 Å². The molecule has 27 heavy (non-hydrogen) atoms. The number of imide groups is 1. The van der Waals surface area contributed by atoms with Gasteiger partial charge in [-0.1, -0.05) is 19.1 Å². The van der Waals surface area contributed by atoms with E-state index in [1.165, 1.54) is 0 Å². The van der Waals surface area contributed by atoms with E-state index in [1.807, 2.05) is 18.2 Å². The van der Waals surface area contributed by atoms with Gasteiger partial charge in [0.15, 0.2) is 0 Å². The summed E-state index contributed by atoms with van der Waals surface area (Å²) in [5.41, 5.74) is 2.78. The topological polar surface area (TPSA) is 90.5 Å². The van der Waals surface area contributed by atoms with Crippen LogP contribution >= 0.6 is 0 Å². The Morgan fingerprint density at radius 1 is 1.22 bits per heavy atom. The Labute approximate surface area is 158 Å². The number of piperidine rings is 2. The third-order valence-electron chi connectivity index (χ3n) is 5.83. The van der Waals surface area contributed by atoms with Crippen molar-refractivity contribution in [2.45, 2.75) is 51.4 Å². The minimum atomic E-state index is -0.563. The highest BCUT2D eigenvalue weighted by atomic mass is 16.2. The molecule has 144 valence electrons. The number of fused-ring (bicyclic) bond motifs is 1. The van der Waals surface area contributed by atoms with Crippen molar-refractivity contribution in [1.82, 2.24) is 20.9 Å². The van der Waals surface area contributed by atoms with E-state index in [1.54, 1.807) is 4.90 Å². The van der Waals surface area contributed by atoms with E-state index in [0.717, 1.165) is 30.6 Å². The molecule has 0 bridgehead atoms.